The smallest absolute Gasteiger partial charge is 0.320 e. The summed E-state index contributed by atoms with van der Waals surface area (Å²) in [6.45, 7) is 10.9. The lowest BCUT2D eigenvalue weighted by Gasteiger charge is -2.36. The van der Waals surface area contributed by atoms with E-state index >= 15 is 0 Å². The molecule has 0 aromatic carbocycles. The van der Waals surface area contributed by atoms with Crippen LogP contribution in [0.15, 0.2) is 17.5 Å². The molecule has 1 aromatic rings. The highest BCUT2D eigenvalue weighted by Crippen LogP contribution is 2.27. The predicted molar refractivity (Wildman–Crippen MR) is 103 cm³/mol. The predicted octanol–water partition coefficient (Wildman–Crippen LogP) is 3.74. The molecule has 2 rings (SSSR count). The summed E-state index contributed by atoms with van der Waals surface area (Å²) in [6.07, 6.45) is 1.74. The zero-order valence-corrected chi connectivity index (χ0v) is 16.6. The van der Waals surface area contributed by atoms with E-state index in [0.717, 1.165) is 19.4 Å². The molecule has 1 aromatic heterocycles. The van der Waals surface area contributed by atoms with Crippen molar-refractivity contribution < 1.29 is 9.59 Å². The van der Waals surface area contributed by atoms with E-state index in [4.69, 9.17) is 0 Å². The van der Waals surface area contributed by atoms with Crippen LogP contribution in [0.3, 0.4) is 0 Å². The van der Waals surface area contributed by atoms with Gasteiger partial charge in [0.2, 0.25) is 5.91 Å². The number of likely N-dealkylation sites (tertiary alicyclic amines) is 1. The highest BCUT2D eigenvalue weighted by atomic mass is 32.1. The number of amides is 3. The fourth-order valence-electron chi connectivity index (χ4n) is 3.36. The van der Waals surface area contributed by atoms with Crippen LogP contribution in [0, 0.1) is 11.8 Å². The van der Waals surface area contributed by atoms with E-state index in [9.17, 15) is 9.59 Å². The average Bonchev–Trinajstić information content (AvgIpc) is 3.14. The fraction of sp³-hybridized carbons (Fsp3) is 0.684. The summed E-state index contributed by atoms with van der Waals surface area (Å²) in [6, 6.07) is 4.20. The fourth-order valence-corrected chi connectivity index (χ4v) is 4.31. The Hall–Kier alpha value is -1.56. The van der Waals surface area contributed by atoms with Crippen molar-refractivity contribution in [3.05, 3.63) is 22.4 Å². The first-order valence-corrected chi connectivity index (χ1v) is 10.2. The maximum absolute atomic E-state index is 12.8. The molecule has 0 aliphatic carbocycles. The van der Waals surface area contributed by atoms with E-state index in [0.29, 0.717) is 25.6 Å². The molecular formula is C19H31N3O2S. The third-order valence-corrected chi connectivity index (χ3v) is 5.87. The maximum atomic E-state index is 12.8. The number of thiophene rings is 1. The largest absolute Gasteiger partial charge is 0.348 e. The molecule has 25 heavy (non-hydrogen) atoms. The second kappa shape index (κ2) is 9.22. The molecular weight excluding hydrogens is 334 g/mol. The molecule has 1 aliphatic heterocycles. The van der Waals surface area contributed by atoms with Crippen molar-refractivity contribution in [3.63, 3.8) is 0 Å². The Bertz CT molecular complexity index is 555. The lowest BCUT2D eigenvalue weighted by atomic mass is 9.95. The standard InChI is InChI=1S/C19H31N3O2S/c1-5-21(6-2)19(24)22-11-7-9-15(13-22)18(23)20-17(14(3)4)16-10-8-12-25-16/h8,10,12,14-15,17H,5-7,9,11,13H2,1-4H3,(H,20,23). The Labute approximate surface area is 155 Å². The van der Waals surface area contributed by atoms with Gasteiger partial charge in [-0.3, -0.25) is 4.79 Å². The van der Waals surface area contributed by atoms with Gasteiger partial charge < -0.3 is 15.1 Å². The first kappa shape index (κ1) is 19.8. The molecule has 6 heteroatoms. The van der Waals surface area contributed by atoms with Crippen LogP contribution >= 0.6 is 11.3 Å². The van der Waals surface area contributed by atoms with Gasteiger partial charge in [0, 0.05) is 31.1 Å². The highest BCUT2D eigenvalue weighted by molar-refractivity contribution is 7.10. The molecule has 0 bridgehead atoms. The first-order valence-electron chi connectivity index (χ1n) is 9.35. The monoisotopic (exact) mass is 365 g/mol. The van der Waals surface area contributed by atoms with Crippen LogP contribution in [0.2, 0.25) is 0 Å². The van der Waals surface area contributed by atoms with Crippen molar-refractivity contribution in [1.82, 2.24) is 15.1 Å². The maximum Gasteiger partial charge on any atom is 0.320 e. The summed E-state index contributed by atoms with van der Waals surface area (Å²) in [5.74, 6) is 0.290. The minimum Gasteiger partial charge on any atom is -0.348 e. The van der Waals surface area contributed by atoms with Crippen LogP contribution < -0.4 is 5.32 Å². The van der Waals surface area contributed by atoms with Gasteiger partial charge >= 0.3 is 6.03 Å². The number of nitrogens with one attached hydrogen (secondary N) is 1. The quantitative estimate of drug-likeness (QED) is 0.835. The van der Waals surface area contributed by atoms with Gasteiger partial charge in [-0.2, -0.15) is 0 Å². The zero-order valence-electron chi connectivity index (χ0n) is 15.8. The topological polar surface area (TPSA) is 52.7 Å². The van der Waals surface area contributed by atoms with Crippen LogP contribution in [-0.4, -0.2) is 47.9 Å². The van der Waals surface area contributed by atoms with Crippen molar-refractivity contribution in [3.8, 4) is 0 Å². The van der Waals surface area contributed by atoms with Crippen LogP contribution in [-0.2, 0) is 4.79 Å². The van der Waals surface area contributed by atoms with Gasteiger partial charge in [0.25, 0.3) is 0 Å². The van der Waals surface area contributed by atoms with E-state index in [-0.39, 0.29) is 23.9 Å². The highest BCUT2D eigenvalue weighted by Gasteiger charge is 2.31. The number of piperidine rings is 1. The molecule has 2 heterocycles. The Morgan fingerprint density at radius 1 is 1.36 bits per heavy atom. The number of rotatable bonds is 6. The number of nitrogens with zero attached hydrogens (tertiary/aromatic N) is 2. The number of hydrogen-bond donors (Lipinski definition) is 1. The third kappa shape index (κ3) is 4.97. The Balaban J connectivity index is 2.00. The minimum absolute atomic E-state index is 0.0429. The van der Waals surface area contributed by atoms with Crippen molar-refractivity contribution in [2.24, 2.45) is 11.8 Å². The van der Waals surface area contributed by atoms with Crippen LogP contribution in [0.4, 0.5) is 4.79 Å². The van der Waals surface area contributed by atoms with Crippen LogP contribution in [0.5, 0.6) is 0 Å². The molecule has 1 saturated heterocycles. The number of carbonyl (C=O) groups is 2. The summed E-state index contributed by atoms with van der Waals surface area (Å²) in [7, 11) is 0. The second-order valence-electron chi connectivity index (χ2n) is 6.99. The number of hydrogen-bond acceptors (Lipinski definition) is 3. The molecule has 1 N–H and O–H groups in total. The number of urea groups is 1. The number of carbonyl (C=O) groups excluding carboxylic acids is 2. The van der Waals surface area contributed by atoms with E-state index in [2.05, 4.69) is 25.2 Å². The van der Waals surface area contributed by atoms with Crippen molar-refractivity contribution in [2.75, 3.05) is 26.2 Å². The Morgan fingerprint density at radius 2 is 2.08 bits per heavy atom. The lowest BCUT2D eigenvalue weighted by Crippen LogP contribution is -2.50. The van der Waals surface area contributed by atoms with E-state index in [1.165, 1.54) is 4.88 Å². The molecule has 140 valence electrons. The SMILES string of the molecule is CCN(CC)C(=O)N1CCCC(C(=O)NC(c2cccs2)C(C)C)C1. The molecule has 1 aliphatic rings. The summed E-state index contributed by atoms with van der Waals surface area (Å²) in [4.78, 5) is 30.3. The van der Waals surface area contributed by atoms with Gasteiger partial charge in [0.05, 0.1) is 12.0 Å². The molecule has 0 spiro atoms. The van der Waals surface area contributed by atoms with Gasteiger partial charge in [0.15, 0.2) is 0 Å². The summed E-state index contributed by atoms with van der Waals surface area (Å²) in [5, 5.41) is 5.27. The molecule has 1 fully saturated rings. The van der Waals surface area contributed by atoms with E-state index < -0.39 is 0 Å². The normalized spacial score (nSPS) is 18.9. The van der Waals surface area contributed by atoms with Crippen molar-refractivity contribution in [1.29, 1.82) is 0 Å². The van der Waals surface area contributed by atoms with Crippen LogP contribution in [0.1, 0.15) is 51.5 Å². The van der Waals surface area contributed by atoms with Gasteiger partial charge in [-0.05, 0) is 44.1 Å². The Morgan fingerprint density at radius 3 is 2.64 bits per heavy atom. The van der Waals surface area contributed by atoms with Crippen molar-refractivity contribution >= 4 is 23.3 Å². The summed E-state index contributed by atoms with van der Waals surface area (Å²) >= 11 is 1.68. The second-order valence-corrected chi connectivity index (χ2v) is 7.96. The zero-order chi connectivity index (χ0) is 18.4. The van der Waals surface area contributed by atoms with Crippen LogP contribution in [0.25, 0.3) is 0 Å². The summed E-state index contributed by atoms with van der Waals surface area (Å²) in [5.41, 5.74) is 0. The first-order chi connectivity index (χ1) is 12.0. The third-order valence-electron chi connectivity index (χ3n) is 4.91. The van der Waals surface area contributed by atoms with Gasteiger partial charge in [-0.15, -0.1) is 11.3 Å². The van der Waals surface area contributed by atoms with E-state index in [1.54, 1.807) is 11.3 Å². The summed E-state index contributed by atoms with van der Waals surface area (Å²) < 4.78 is 0. The minimum atomic E-state index is -0.116. The van der Waals surface area contributed by atoms with Crippen molar-refractivity contribution in [2.45, 2.75) is 46.6 Å². The molecule has 3 amide bonds. The molecule has 0 radical (unpaired) electrons. The van der Waals surface area contributed by atoms with E-state index in [1.807, 2.05) is 35.1 Å². The lowest BCUT2D eigenvalue weighted by molar-refractivity contribution is -0.127. The molecule has 2 unspecified atom stereocenters. The van der Waals surface area contributed by atoms with Gasteiger partial charge in [-0.1, -0.05) is 19.9 Å². The van der Waals surface area contributed by atoms with Gasteiger partial charge in [-0.25, -0.2) is 4.79 Å². The van der Waals surface area contributed by atoms with Gasteiger partial charge in [0.1, 0.15) is 0 Å². The Kier molecular flexibility index (Phi) is 7.29. The molecule has 2 atom stereocenters. The molecule has 5 nitrogen and oxygen atoms in total. The molecule has 0 saturated carbocycles. The average molecular weight is 366 g/mol.